The Balaban J connectivity index is 2.26. The van der Waals surface area contributed by atoms with Crippen molar-refractivity contribution in [3.63, 3.8) is 0 Å². The van der Waals surface area contributed by atoms with Gasteiger partial charge in [-0.1, -0.05) is 0 Å². The lowest BCUT2D eigenvalue weighted by molar-refractivity contribution is 0.0993. The zero-order valence-electron chi connectivity index (χ0n) is 7.29. The van der Waals surface area contributed by atoms with Crippen molar-refractivity contribution in [1.82, 2.24) is 4.57 Å². The lowest BCUT2D eigenvalue weighted by Gasteiger charge is -2.08. The Hall–Kier alpha value is -1.38. The van der Waals surface area contributed by atoms with E-state index >= 15 is 0 Å². The molecule has 0 spiro atoms. The second-order valence-corrected chi connectivity index (χ2v) is 3.60. The highest BCUT2D eigenvalue weighted by Crippen LogP contribution is 2.26. The lowest BCUT2D eigenvalue weighted by atomic mass is 10.2. The predicted molar refractivity (Wildman–Crippen MR) is 49.5 cm³/mol. The average Bonchev–Trinajstić information content (AvgIpc) is 2.65. The Bertz CT molecular complexity index is 415. The highest BCUT2D eigenvalue weighted by Gasteiger charge is 2.23. The molecule has 0 saturated carbocycles. The average molecular weight is 174 g/mol. The normalized spacial score (nSPS) is 18.9. The molecule has 0 aromatic carbocycles. The topological polar surface area (TPSA) is 34.4 Å². The molecule has 2 aliphatic rings. The number of Topliss-reactive ketones (excluding diaryl/α,β-unsaturated/α-hetero) is 1. The van der Waals surface area contributed by atoms with Gasteiger partial charge in [-0.15, -0.1) is 0 Å². The zero-order chi connectivity index (χ0) is 8.84. The van der Waals surface area contributed by atoms with Gasteiger partial charge in [-0.2, -0.15) is 0 Å². The molecule has 0 atom stereocenters. The van der Waals surface area contributed by atoms with Gasteiger partial charge in [0.15, 0.2) is 0 Å². The molecule has 0 fully saturated rings. The van der Waals surface area contributed by atoms with Crippen molar-refractivity contribution < 1.29 is 4.79 Å². The monoisotopic (exact) mass is 174 g/mol. The van der Waals surface area contributed by atoms with Crippen LogP contribution in [0.5, 0.6) is 0 Å². The minimum atomic E-state index is 0.150. The van der Waals surface area contributed by atoms with Gasteiger partial charge in [-0.3, -0.25) is 9.79 Å². The molecule has 0 unspecified atom stereocenters. The summed E-state index contributed by atoms with van der Waals surface area (Å²) in [5, 5.41) is 0. The van der Waals surface area contributed by atoms with Crippen molar-refractivity contribution in [3.8, 4) is 0 Å². The van der Waals surface area contributed by atoms with Crippen molar-refractivity contribution in [2.24, 2.45) is 4.99 Å². The summed E-state index contributed by atoms with van der Waals surface area (Å²) >= 11 is 0. The number of aryl methyl sites for hydroxylation is 1. The van der Waals surface area contributed by atoms with Crippen LogP contribution in [0.15, 0.2) is 11.1 Å². The molecular formula is C10H10N2O. The Labute approximate surface area is 76.1 Å². The Morgan fingerprint density at radius 1 is 1.38 bits per heavy atom. The van der Waals surface area contributed by atoms with E-state index in [1.54, 1.807) is 6.34 Å². The van der Waals surface area contributed by atoms with Crippen molar-refractivity contribution in [1.29, 1.82) is 0 Å². The molecule has 3 rings (SSSR count). The molecule has 1 aromatic heterocycles. The number of hydrogen-bond donors (Lipinski definition) is 0. The molecule has 13 heavy (non-hydrogen) atoms. The predicted octanol–water partition coefficient (Wildman–Crippen LogP) is 1.05. The molecule has 66 valence electrons. The highest BCUT2D eigenvalue weighted by atomic mass is 16.1. The smallest absolute Gasteiger partial charge is 0.200 e. The van der Waals surface area contributed by atoms with Gasteiger partial charge in [0.25, 0.3) is 0 Å². The van der Waals surface area contributed by atoms with Gasteiger partial charge < -0.3 is 4.57 Å². The first kappa shape index (κ1) is 7.06. The molecule has 0 saturated heterocycles. The summed E-state index contributed by atoms with van der Waals surface area (Å²) in [5.41, 5.74) is 3.48. The fourth-order valence-corrected chi connectivity index (χ4v) is 2.19. The van der Waals surface area contributed by atoms with Crippen LogP contribution in [0.25, 0.3) is 0 Å². The van der Waals surface area contributed by atoms with Gasteiger partial charge in [0.1, 0.15) is 6.54 Å². The maximum Gasteiger partial charge on any atom is 0.200 e. The number of nitrogens with zero attached hydrogens (tertiary/aromatic N) is 2. The number of carbonyl (C=O) groups excluding carboxylic acids is 1. The molecule has 1 aromatic rings. The van der Waals surface area contributed by atoms with Gasteiger partial charge in [-0.25, -0.2) is 0 Å². The van der Waals surface area contributed by atoms with Crippen LogP contribution in [0, 0.1) is 0 Å². The van der Waals surface area contributed by atoms with Gasteiger partial charge >= 0.3 is 0 Å². The van der Waals surface area contributed by atoms with Gasteiger partial charge in [0.2, 0.25) is 5.78 Å². The third-order valence-electron chi connectivity index (χ3n) is 2.81. The van der Waals surface area contributed by atoms with Crippen LogP contribution in [-0.2, 0) is 12.8 Å². The van der Waals surface area contributed by atoms with Crippen LogP contribution in [0.1, 0.15) is 28.2 Å². The van der Waals surface area contributed by atoms with Crippen LogP contribution in [-0.4, -0.2) is 23.2 Å². The summed E-state index contributed by atoms with van der Waals surface area (Å²) in [5.74, 6) is 0.150. The number of aromatic nitrogens is 1. The van der Waals surface area contributed by atoms with Gasteiger partial charge in [0, 0.05) is 5.69 Å². The Kier molecular flexibility index (Phi) is 1.26. The number of fused-ring (bicyclic) bond motifs is 3. The van der Waals surface area contributed by atoms with Crippen LogP contribution < -0.4 is 0 Å². The molecule has 1 aliphatic heterocycles. The molecule has 2 heterocycles. The van der Waals surface area contributed by atoms with Gasteiger partial charge in [-0.05, 0) is 30.9 Å². The van der Waals surface area contributed by atoms with E-state index in [2.05, 4.69) is 4.99 Å². The van der Waals surface area contributed by atoms with Crippen LogP contribution in [0.4, 0.5) is 0 Å². The molecular weight excluding hydrogens is 164 g/mol. The number of rotatable bonds is 0. The summed E-state index contributed by atoms with van der Waals surface area (Å²) in [6.45, 7) is 0.322. The fourth-order valence-electron chi connectivity index (χ4n) is 2.19. The molecule has 0 bridgehead atoms. The number of aliphatic imine (C=N–C) groups is 1. The molecule has 3 heteroatoms. The van der Waals surface area contributed by atoms with E-state index in [1.807, 2.05) is 10.6 Å². The molecule has 0 radical (unpaired) electrons. The highest BCUT2D eigenvalue weighted by molar-refractivity contribution is 6.01. The molecule has 0 amide bonds. The van der Waals surface area contributed by atoms with E-state index in [4.69, 9.17) is 0 Å². The van der Waals surface area contributed by atoms with E-state index < -0.39 is 0 Å². The second kappa shape index (κ2) is 2.31. The van der Waals surface area contributed by atoms with Crippen LogP contribution >= 0.6 is 0 Å². The van der Waals surface area contributed by atoms with E-state index in [1.165, 1.54) is 17.7 Å². The van der Waals surface area contributed by atoms with Gasteiger partial charge in [0.05, 0.1) is 12.0 Å². The van der Waals surface area contributed by atoms with Crippen molar-refractivity contribution >= 4 is 12.1 Å². The minimum absolute atomic E-state index is 0.150. The van der Waals surface area contributed by atoms with Crippen LogP contribution in [0.3, 0.4) is 0 Å². The molecule has 3 nitrogen and oxygen atoms in total. The minimum Gasteiger partial charge on any atom is -0.301 e. The van der Waals surface area contributed by atoms with Crippen LogP contribution in [0.2, 0.25) is 0 Å². The third-order valence-corrected chi connectivity index (χ3v) is 2.81. The lowest BCUT2D eigenvalue weighted by Crippen LogP contribution is -2.18. The zero-order valence-corrected chi connectivity index (χ0v) is 7.29. The Morgan fingerprint density at radius 3 is 3.23 bits per heavy atom. The van der Waals surface area contributed by atoms with Crippen molar-refractivity contribution in [2.45, 2.75) is 19.3 Å². The fraction of sp³-hybridized carbons (Fsp3) is 0.400. The largest absolute Gasteiger partial charge is 0.301 e. The van der Waals surface area contributed by atoms with E-state index in [0.29, 0.717) is 6.54 Å². The summed E-state index contributed by atoms with van der Waals surface area (Å²) in [6, 6.07) is 2.04. The summed E-state index contributed by atoms with van der Waals surface area (Å²) < 4.78 is 1.97. The first-order valence-electron chi connectivity index (χ1n) is 4.62. The number of hydrogen-bond acceptors (Lipinski definition) is 2. The molecule has 0 N–H and O–H groups in total. The maximum atomic E-state index is 11.5. The third kappa shape index (κ3) is 0.842. The SMILES string of the molecule is O=C1CN=Cn2c1cc1c2CCC1. The summed E-state index contributed by atoms with van der Waals surface area (Å²) in [6.07, 6.45) is 5.22. The first-order chi connectivity index (χ1) is 6.36. The van der Waals surface area contributed by atoms with E-state index in [0.717, 1.165) is 18.5 Å². The van der Waals surface area contributed by atoms with Crippen molar-refractivity contribution in [3.05, 3.63) is 23.0 Å². The second-order valence-electron chi connectivity index (χ2n) is 3.60. The summed E-state index contributed by atoms with van der Waals surface area (Å²) in [4.78, 5) is 15.5. The van der Waals surface area contributed by atoms with Crippen molar-refractivity contribution in [2.75, 3.05) is 6.54 Å². The number of carbonyl (C=O) groups is 1. The summed E-state index contributed by atoms with van der Waals surface area (Å²) in [7, 11) is 0. The molecule has 1 aliphatic carbocycles. The maximum absolute atomic E-state index is 11.5. The standard InChI is InChI=1S/C10H10N2O/c13-10-5-11-6-12-8-3-1-2-7(8)4-9(10)12/h4,6H,1-3,5H2. The first-order valence-corrected chi connectivity index (χ1v) is 4.62. The number of ketones is 1. The van der Waals surface area contributed by atoms with E-state index in [9.17, 15) is 4.79 Å². The van der Waals surface area contributed by atoms with E-state index in [-0.39, 0.29) is 5.78 Å². The quantitative estimate of drug-likeness (QED) is 0.579. The Morgan fingerprint density at radius 2 is 2.31 bits per heavy atom.